The van der Waals surface area contributed by atoms with E-state index >= 15 is 0 Å². The van der Waals surface area contributed by atoms with Crippen LogP contribution in [0.3, 0.4) is 0 Å². The zero-order valence-electron chi connectivity index (χ0n) is 39.9. The number of carboxylic acids is 3. The molecule has 384 valence electrons. The van der Waals surface area contributed by atoms with E-state index in [0.29, 0.717) is 36.5 Å². The summed E-state index contributed by atoms with van der Waals surface area (Å²) in [5.74, 6) is -2.72. The van der Waals surface area contributed by atoms with E-state index in [2.05, 4.69) is 16.0 Å². The van der Waals surface area contributed by atoms with Gasteiger partial charge in [0.05, 0.1) is 0 Å². The van der Waals surface area contributed by atoms with Crippen molar-refractivity contribution in [1.82, 2.24) is 16.0 Å². The van der Waals surface area contributed by atoms with Crippen LogP contribution in [0, 0.1) is 0 Å². The number of alkyl carbamates (subject to hydrolysis) is 2. The molecule has 20 nitrogen and oxygen atoms in total. The van der Waals surface area contributed by atoms with Crippen molar-refractivity contribution >= 4 is 89.2 Å². The second kappa shape index (κ2) is 33.8. The summed E-state index contributed by atoms with van der Waals surface area (Å²) < 4.78 is 25.0. The molecule has 1 aliphatic rings. The molecule has 6 N–H and O–H groups in total. The first-order chi connectivity index (χ1) is 32.6. The first kappa shape index (κ1) is 61.3. The van der Waals surface area contributed by atoms with Gasteiger partial charge in [-0.3, -0.25) is 19.2 Å². The number of ether oxygens (including phenoxy) is 5. The van der Waals surface area contributed by atoms with E-state index in [1.807, 2.05) is 48.5 Å². The summed E-state index contributed by atoms with van der Waals surface area (Å²) in [6.45, 7) is 12.2. The smallest absolute Gasteiger partial charge is 0.408 e. The van der Waals surface area contributed by atoms with Crippen LogP contribution in [0.15, 0.2) is 48.5 Å². The minimum absolute atomic E-state index is 0.0935. The van der Waals surface area contributed by atoms with Gasteiger partial charge in [-0.2, -0.15) is 35.3 Å². The lowest BCUT2D eigenvalue weighted by Gasteiger charge is -2.21. The number of nitrogens with one attached hydrogen (secondary N) is 3. The van der Waals surface area contributed by atoms with Crippen LogP contribution in [0.5, 0.6) is 0 Å². The standard InChI is InChI=1S/C23H25NO6S.C13H23NO6S.C10H17NO5S/c1-2-21(25)29-11-12-31-14-20(22(26)27)24-23(28)30-13-19-17-9-5-3-7-15(17)16-8-4-6-10-18(16)19;1-5-10(15)19-6-7-21-8-9(11(16)17)14-12(18)20-13(2,3)4;1-3-9(13)16-4-5-17-6-8(10(14)15)11-7(2)12/h3-10,19-20H,2,11-14H2,1H3,(H,24,28)(H,26,27);9H,5-8H2,1-4H3,(H,14,18)(H,16,17);8H,3-6H2,1-2H3,(H,11,12)(H,14,15)/t20-;9-;8-/m000/s1. The quantitative estimate of drug-likeness (QED) is 0.0381. The maximum absolute atomic E-state index is 12.3. The van der Waals surface area contributed by atoms with Crippen molar-refractivity contribution in [3.63, 3.8) is 0 Å². The molecule has 23 heteroatoms. The zero-order valence-corrected chi connectivity index (χ0v) is 42.4. The highest BCUT2D eigenvalue weighted by Gasteiger charge is 2.30. The lowest BCUT2D eigenvalue weighted by molar-refractivity contribution is -0.143. The van der Waals surface area contributed by atoms with E-state index in [1.165, 1.54) is 42.2 Å². The van der Waals surface area contributed by atoms with Gasteiger partial charge in [0.1, 0.15) is 50.2 Å². The van der Waals surface area contributed by atoms with Crippen LogP contribution in [0.1, 0.15) is 84.8 Å². The number of thioether (sulfide) groups is 3. The van der Waals surface area contributed by atoms with Crippen molar-refractivity contribution in [3.8, 4) is 11.1 Å². The number of hydrogen-bond donors (Lipinski definition) is 6. The van der Waals surface area contributed by atoms with E-state index in [4.69, 9.17) is 33.9 Å². The minimum Gasteiger partial charge on any atom is -0.480 e. The third kappa shape index (κ3) is 26.6. The number of esters is 3. The van der Waals surface area contributed by atoms with E-state index < -0.39 is 53.8 Å². The Morgan fingerprint density at radius 2 is 0.899 bits per heavy atom. The van der Waals surface area contributed by atoms with E-state index in [1.54, 1.807) is 41.5 Å². The predicted octanol–water partition coefficient (Wildman–Crippen LogP) is 5.58. The number of rotatable bonds is 26. The maximum atomic E-state index is 12.3. The zero-order chi connectivity index (χ0) is 51.9. The Bertz CT molecular complexity index is 1950. The second-order valence-electron chi connectivity index (χ2n) is 15.4. The Morgan fingerprint density at radius 1 is 0.551 bits per heavy atom. The Hall–Kier alpha value is -5.68. The molecule has 0 heterocycles. The predicted molar refractivity (Wildman–Crippen MR) is 261 cm³/mol. The first-order valence-electron chi connectivity index (χ1n) is 21.9. The van der Waals surface area contributed by atoms with Crippen molar-refractivity contribution in [2.75, 3.05) is 60.9 Å². The van der Waals surface area contributed by atoms with Crippen molar-refractivity contribution in [2.24, 2.45) is 0 Å². The molecule has 0 bridgehead atoms. The summed E-state index contributed by atoms with van der Waals surface area (Å²) in [7, 11) is 0. The van der Waals surface area contributed by atoms with Gasteiger partial charge in [0.15, 0.2) is 0 Å². The summed E-state index contributed by atoms with van der Waals surface area (Å²) in [6, 6.07) is 12.9. The number of hydrogen-bond acceptors (Lipinski definition) is 17. The number of amides is 3. The first-order valence-corrected chi connectivity index (χ1v) is 25.4. The van der Waals surface area contributed by atoms with Gasteiger partial charge in [0.25, 0.3) is 0 Å². The highest BCUT2D eigenvalue weighted by Crippen LogP contribution is 2.44. The fraction of sp³-hybridized carbons (Fsp3) is 0.543. The molecular formula is C46H65N3O17S3. The average Bonchev–Trinajstić information content (AvgIpc) is 3.61. The monoisotopic (exact) mass is 1030 g/mol. The molecule has 0 unspecified atom stereocenters. The number of fused-ring (bicyclic) bond motifs is 3. The van der Waals surface area contributed by atoms with Gasteiger partial charge in [0, 0.05) is 66.6 Å². The van der Waals surface area contributed by atoms with Gasteiger partial charge in [-0.25, -0.2) is 24.0 Å². The van der Waals surface area contributed by atoms with Crippen molar-refractivity contribution in [3.05, 3.63) is 59.7 Å². The number of benzene rings is 2. The average molecular weight is 1030 g/mol. The summed E-state index contributed by atoms with van der Waals surface area (Å²) in [5.41, 5.74) is 3.73. The Balaban J connectivity index is 0.000000550. The van der Waals surface area contributed by atoms with Crippen LogP contribution < -0.4 is 16.0 Å². The van der Waals surface area contributed by atoms with Gasteiger partial charge in [0.2, 0.25) is 5.91 Å². The van der Waals surface area contributed by atoms with Gasteiger partial charge in [-0.15, -0.1) is 0 Å². The van der Waals surface area contributed by atoms with Crippen LogP contribution in [0.25, 0.3) is 11.1 Å². The molecule has 0 spiro atoms. The Labute approximate surface area is 414 Å². The fourth-order valence-electron chi connectivity index (χ4n) is 5.55. The fourth-order valence-corrected chi connectivity index (χ4v) is 8.04. The summed E-state index contributed by atoms with van der Waals surface area (Å²) in [4.78, 5) is 101. The minimum atomic E-state index is -1.15. The lowest BCUT2D eigenvalue weighted by atomic mass is 9.98. The molecule has 3 atom stereocenters. The summed E-state index contributed by atoms with van der Waals surface area (Å²) >= 11 is 3.87. The van der Waals surface area contributed by atoms with E-state index in [9.17, 15) is 48.3 Å². The highest BCUT2D eigenvalue weighted by atomic mass is 32.2. The molecule has 2 aromatic rings. The molecule has 0 fully saturated rings. The number of carbonyl (C=O) groups excluding carboxylic acids is 6. The lowest BCUT2D eigenvalue weighted by Crippen LogP contribution is -2.45. The molecular weight excluding hydrogens is 963 g/mol. The molecule has 1 aliphatic carbocycles. The number of aliphatic carboxylic acids is 3. The van der Waals surface area contributed by atoms with Gasteiger partial charge >= 0.3 is 48.0 Å². The van der Waals surface area contributed by atoms with Crippen LogP contribution >= 0.6 is 35.3 Å². The van der Waals surface area contributed by atoms with Crippen LogP contribution in [-0.2, 0) is 57.2 Å². The van der Waals surface area contributed by atoms with Crippen LogP contribution in [0.2, 0.25) is 0 Å². The largest absolute Gasteiger partial charge is 0.480 e. The SMILES string of the molecule is CCC(=O)OCCSC[C@H](NC(=O)OC(C)(C)C)C(=O)O.CCC(=O)OCCSC[C@H](NC(=O)OCC1c2ccccc2-c2ccccc21)C(=O)O.CCC(=O)OCCSC[C@H](NC(C)=O)C(=O)O. The molecule has 0 aromatic heterocycles. The molecule has 2 aromatic carbocycles. The van der Waals surface area contributed by atoms with E-state index in [-0.39, 0.29) is 73.4 Å². The highest BCUT2D eigenvalue weighted by molar-refractivity contribution is 7.99. The second-order valence-corrected chi connectivity index (χ2v) is 18.9. The molecule has 3 rings (SSSR count). The van der Waals surface area contributed by atoms with Crippen molar-refractivity contribution < 1.29 is 82.2 Å². The topological polar surface area (TPSA) is 297 Å². The number of carbonyl (C=O) groups is 9. The third-order valence-electron chi connectivity index (χ3n) is 8.79. The van der Waals surface area contributed by atoms with Gasteiger partial charge in [-0.1, -0.05) is 69.3 Å². The normalized spacial score (nSPS) is 12.5. The summed E-state index contributed by atoms with van der Waals surface area (Å²) in [6.07, 6.45) is -0.608. The summed E-state index contributed by atoms with van der Waals surface area (Å²) in [5, 5.41) is 34.2. The Kier molecular flexibility index (Phi) is 30.0. The molecule has 0 saturated heterocycles. The molecule has 69 heavy (non-hydrogen) atoms. The Morgan fingerprint density at radius 3 is 1.23 bits per heavy atom. The molecule has 0 radical (unpaired) electrons. The van der Waals surface area contributed by atoms with Crippen LogP contribution in [-0.4, -0.2) is 154 Å². The van der Waals surface area contributed by atoms with Crippen molar-refractivity contribution in [2.45, 2.75) is 97.4 Å². The third-order valence-corrected chi connectivity index (χ3v) is 11.9. The van der Waals surface area contributed by atoms with Gasteiger partial charge < -0.3 is 55.0 Å². The molecule has 0 saturated carbocycles. The van der Waals surface area contributed by atoms with Crippen LogP contribution in [0.4, 0.5) is 9.59 Å². The molecule has 3 amide bonds. The molecule has 0 aliphatic heterocycles. The van der Waals surface area contributed by atoms with Gasteiger partial charge in [-0.05, 0) is 43.0 Å². The maximum Gasteiger partial charge on any atom is 0.408 e. The van der Waals surface area contributed by atoms with Crippen molar-refractivity contribution in [1.29, 1.82) is 0 Å². The number of carboxylic acid groups (broad SMARTS) is 3. The van der Waals surface area contributed by atoms with E-state index in [0.717, 1.165) is 22.3 Å².